The molecule has 1 aromatic heterocycles. The fourth-order valence-corrected chi connectivity index (χ4v) is 5.64. The molecule has 0 bridgehead atoms. The predicted molar refractivity (Wildman–Crippen MR) is 128 cm³/mol. The smallest absolute Gasteiger partial charge is 0.254 e. The largest absolute Gasteiger partial charge is 0.362 e. The summed E-state index contributed by atoms with van der Waals surface area (Å²) in [6, 6.07) is 19.5. The Balaban J connectivity index is 1.55. The van der Waals surface area contributed by atoms with Crippen LogP contribution in [-0.4, -0.2) is 11.7 Å². The molecule has 0 unspecified atom stereocenters. The zero-order valence-electron chi connectivity index (χ0n) is 18.1. The number of hydrogen-bond acceptors (Lipinski definition) is 4. The van der Waals surface area contributed by atoms with E-state index >= 15 is 0 Å². The van der Waals surface area contributed by atoms with E-state index in [-0.39, 0.29) is 17.6 Å². The van der Waals surface area contributed by atoms with Gasteiger partial charge in [0.2, 0.25) is 0 Å². The van der Waals surface area contributed by atoms with Crippen molar-refractivity contribution in [3.63, 3.8) is 0 Å². The molecule has 6 heteroatoms. The van der Waals surface area contributed by atoms with Crippen molar-refractivity contribution < 1.29 is 14.0 Å². The standard InChI is InChI=1S/C27H23FN2O2S/c1-16-24(27(32)30-20-10-5-9-19(28)15-20)25(17-7-3-2-4-8-17)26-21(29-16)13-18(14-22(26)31)23-11-6-12-33-23/h2-12,15,18,25,29H,13-14H2,1H3,(H,30,32)/t18-,25+/m1/s1. The average molecular weight is 459 g/mol. The molecule has 1 amide bonds. The van der Waals surface area contributed by atoms with E-state index in [1.807, 2.05) is 48.7 Å². The fourth-order valence-electron chi connectivity index (χ4n) is 4.81. The first-order valence-electron chi connectivity index (χ1n) is 10.9. The van der Waals surface area contributed by atoms with Crippen molar-refractivity contribution in [3.8, 4) is 0 Å². The topological polar surface area (TPSA) is 58.2 Å². The van der Waals surface area contributed by atoms with E-state index in [1.54, 1.807) is 23.5 Å². The quantitative estimate of drug-likeness (QED) is 0.513. The maximum absolute atomic E-state index is 13.7. The third-order valence-electron chi connectivity index (χ3n) is 6.23. The molecule has 0 saturated carbocycles. The molecule has 2 atom stereocenters. The molecular formula is C27H23FN2O2S. The molecule has 4 nitrogen and oxygen atoms in total. The van der Waals surface area contributed by atoms with Crippen molar-refractivity contribution >= 4 is 28.7 Å². The van der Waals surface area contributed by atoms with Gasteiger partial charge in [-0.3, -0.25) is 9.59 Å². The van der Waals surface area contributed by atoms with Gasteiger partial charge in [0.15, 0.2) is 5.78 Å². The van der Waals surface area contributed by atoms with Crippen LogP contribution in [0.15, 0.2) is 94.7 Å². The molecule has 2 N–H and O–H groups in total. The Kier molecular flexibility index (Phi) is 5.68. The first-order chi connectivity index (χ1) is 16.0. The zero-order valence-corrected chi connectivity index (χ0v) is 18.9. The van der Waals surface area contributed by atoms with E-state index in [0.29, 0.717) is 29.0 Å². The predicted octanol–water partition coefficient (Wildman–Crippen LogP) is 5.89. The highest BCUT2D eigenvalue weighted by molar-refractivity contribution is 7.10. The second-order valence-electron chi connectivity index (χ2n) is 8.41. The molecule has 166 valence electrons. The van der Waals surface area contributed by atoms with E-state index < -0.39 is 11.7 Å². The molecule has 0 spiro atoms. The van der Waals surface area contributed by atoms with Gasteiger partial charge in [0.25, 0.3) is 5.91 Å². The Bertz CT molecular complexity index is 1280. The lowest BCUT2D eigenvalue weighted by atomic mass is 9.72. The lowest BCUT2D eigenvalue weighted by Crippen LogP contribution is -2.37. The summed E-state index contributed by atoms with van der Waals surface area (Å²) < 4.78 is 13.7. The SMILES string of the molecule is CC1=C(C(=O)Nc2cccc(F)c2)[C@H](c2ccccc2)C2=C(C[C@@H](c3cccs3)CC2=O)N1. The molecule has 3 aromatic rings. The number of Topliss-reactive ketones (excluding diaryl/α,β-unsaturated/α-hetero) is 1. The van der Waals surface area contributed by atoms with Gasteiger partial charge in [-0.05, 0) is 48.6 Å². The molecule has 1 aliphatic heterocycles. The number of halogens is 1. The van der Waals surface area contributed by atoms with E-state index in [4.69, 9.17) is 0 Å². The van der Waals surface area contributed by atoms with Gasteiger partial charge >= 0.3 is 0 Å². The number of benzene rings is 2. The lowest BCUT2D eigenvalue weighted by molar-refractivity contribution is -0.116. The van der Waals surface area contributed by atoms with E-state index in [1.165, 1.54) is 17.0 Å². The Morgan fingerprint density at radius 2 is 1.88 bits per heavy atom. The molecule has 2 aliphatic rings. The zero-order chi connectivity index (χ0) is 22.9. The highest BCUT2D eigenvalue weighted by Crippen LogP contribution is 2.46. The highest BCUT2D eigenvalue weighted by atomic mass is 32.1. The van der Waals surface area contributed by atoms with Crippen LogP contribution in [0.3, 0.4) is 0 Å². The van der Waals surface area contributed by atoms with Crippen LogP contribution in [0.5, 0.6) is 0 Å². The molecular weight excluding hydrogens is 435 g/mol. The van der Waals surface area contributed by atoms with E-state index in [9.17, 15) is 14.0 Å². The molecule has 2 heterocycles. The van der Waals surface area contributed by atoms with Gasteiger partial charge in [-0.15, -0.1) is 11.3 Å². The Labute approximate surface area is 195 Å². The number of dihydropyridines is 1. The summed E-state index contributed by atoms with van der Waals surface area (Å²) in [6.07, 6.45) is 1.14. The number of allylic oxidation sites excluding steroid dienone is 3. The normalized spacial score (nSPS) is 20.4. The maximum atomic E-state index is 13.7. The Morgan fingerprint density at radius 1 is 1.06 bits per heavy atom. The van der Waals surface area contributed by atoms with Crippen molar-refractivity contribution in [2.45, 2.75) is 31.6 Å². The number of anilines is 1. The number of hydrogen-bond donors (Lipinski definition) is 2. The number of nitrogens with one attached hydrogen (secondary N) is 2. The summed E-state index contributed by atoms with van der Waals surface area (Å²) >= 11 is 1.67. The molecule has 33 heavy (non-hydrogen) atoms. The van der Waals surface area contributed by atoms with Gasteiger partial charge in [0, 0.05) is 51.4 Å². The van der Waals surface area contributed by atoms with Gasteiger partial charge in [0.1, 0.15) is 5.82 Å². The van der Waals surface area contributed by atoms with Crippen LogP contribution in [0.4, 0.5) is 10.1 Å². The lowest BCUT2D eigenvalue weighted by Gasteiger charge is -2.36. The summed E-state index contributed by atoms with van der Waals surface area (Å²) in [5.74, 6) is -1.06. The van der Waals surface area contributed by atoms with Crippen LogP contribution in [0, 0.1) is 5.82 Å². The first-order valence-corrected chi connectivity index (χ1v) is 11.8. The van der Waals surface area contributed by atoms with Gasteiger partial charge in [-0.25, -0.2) is 4.39 Å². The van der Waals surface area contributed by atoms with Gasteiger partial charge in [-0.1, -0.05) is 42.5 Å². The number of rotatable bonds is 4. The average Bonchev–Trinajstić information content (AvgIpc) is 3.33. The van der Waals surface area contributed by atoms with Crippen molar-refractivity contribution in [1.82, 2.24) is 5.32 Å². The summed E-state index contributed by atoms with van der Waals surface area (Å²) in [6.45, 7) is 1.86. The van der Waals surface area contributed by atoms with Crippen LogP contribution in [0.1, 0.15) is 42.0 Å². The fraction of sp³-hybridized carbons (Fsp3) is 0.185. The van der Waals surface area contributed by atoms with Gasteiger partial charge in [0.05, 0.1) is 0 Å². The first kappa shape index (κ1) is 21.3. The summed E-state index contributed by atoms with van der Waals surface area (Å²) in [5.41, 5.74) is 3.99. The number of carbonyl (C=O) groups is 2. The van der Waals surface area contributed by atoms with Crippen LogP contribution in [-0.2, 0) is 9.59 Å². The number of amides is 1. The number of thiophene rings is 1. The van der Waals surface area contributed by atoms with Gasteiger partial charge < -0.3 is 10.6 Å². The van der Waals surface area contributed by atoms with Crippen LogP contribution in [0.2, 0.25) is 0 Å². The maximum Gasteiger partial charge on any atom is 0.254 e. The molecule has 0 fully saturated rings. The van der Waals surface area contributed by atoms with Crippen LogP contribution < -0.4 is 10.6 Å². The second kappa shape index (κ2) is 8.79. The molecule has 5 rings (SSSR count). The number of ketones is 1. The minimum Gasteiger partial charge on any atom is -0.362 e. The van der Waals surface area contributed by atoms with Crippen molar-refractivity contribution in [2.24, 2.45) is 0 Å². The third-order valence-corrected chi connectivity index (χ3v) is 7.27. The minimum atomic E-state index is -0.479. The molecule has 1 aliphatic carbocycles. The van der Waals surface area contributed by atoms with Crippen LogP contribution in [0.25, 0.3) is 0 Å². The van der Waals surface area contributed by atoms with E-state index in [2.05, 4.69) is 16.7 Å². The van der Waals surface area contributed by atoms with Crippen molar-refractivity contribution in [3.05, 3.63) is 111 Å². The second-order valence-corrected chi connectivity index (χ2v) is 9.39. The number of carbonyl (C=O) groups excluding carboxylic acids is 2. The van der Waals surface area contributed by atoms with Crippen LogP contribution >= 0.6 is 11.3 Å². The van der Waals surface area contributed by atoms with Gasteiger partial charge in [-0.2, -0.15) is 0 Å². The summed E-state index contributed by atoms with van der Waals surface area (Å²) in [7, 11) is 0. The van der Waals surface area contributed by atoms with Crippen molar-refractivity contribution in [2.75, 3.05) is 5.32 Å². The van der Waals surface area contributed by atoms with E-state index in [0.717, 1.165) is 17.7 Å². The highest BCUT2D eigenvalue weighted by Gasteiger charge is 2.41. The summed E-state index contributed by atoms with van der Waals surface area (Å²) in [4.78, 5) is 28.1. The molecule has 0 radical (unpaired) electrons. The monoisotopic (exact) mass is 458 g/mol. The third kappa shape index (κ3) is 4.14. The Morgan fingerprint density at radius 3 is 2.61 bits per heavy atom. The Hall–Kier alpha value is -3.51. The van der Waals surface area contributed by atoms with Crippen molar-refractivity contribution in [1.29, 1.82) is 0 Å². The molecule has 0 saturated heterocycles. The summed E-state index contributed by atoms with van der Waals surface area (Å²) in [5, 5.41) is 8.22. The minimum absolute atomic E-state index is 0.0551. The molecule has 2 aromatic carbocycles.